The fraction of sp³-hybridized carbons (Fsp3) is 0.0500. The van der Waals surface area contributed by atoms with Gasteiger partial charge in [0.15, 0.2) is 0 Å². The molecule has 9 heteroatoms. The van der Waals surface area contributed by atoms with Crippen molar-refractivity contribution < 1.29 is 59.1 Å². The van der Waals surface area contributed by atoms with Crippen molar-refractivity contribution in [3.05, 3.63) is 431 Å². The molecule has 0 aromatic heterocycles. The number of carbonyl (C=O) groups is 4. The topological polar surface area (TPSA) is 161 Å². The average molecular weight is 1250 g/mol. The molecule has 0 heterocycles. The molecule has 12 aromatic carbocycles. The maximum atomic E-state index is 12.3. The van der Waals surface area contributed by atoms with E-state index in [9.17, 15) is 39.6 Å². The Morgan fingerprint density at radius 2 is 0.225 bits per heavy atom. The zero-order valence-corrected chi connectivity index (χ0v) is 49.9. The number of hydrogen-bond acceptors (Lipinski definition) is 8. The number of carboxylic acids is 4. The van der Waals surface area contributed by atoms with Gasteiger partial charge in [0, 0.05) is 19.5 Å². The van der Waals surface area contributed by atoms with Gasteiger partial charge in [0.1, 0.15) is 0 Å². The Kier molecular flexibility index (Phi) is 22.0. The van der Waals surface area contributed by atoms with Gasteiger partial charge in [-0.25, -0.2) is 0 Å². The van der Waals surface area contributed by atoms with Gasteiger partial charge in [-0.2, -0.15) is 0 Å². The van der Waals surface area contributed by atoms with Gasteiger partial charge in [-0.1, -0.05) is 364 Å². The van der Waals surface area contributed by atoms with Crippen LogP contribution in [0.25, 0.3) is 0 Å². The minimum atomic E-state index is -1.32. The second kappa shape index (κ2) is 30.5. The molecule has 0 spiro atoms. The van der Waals surface area contributed by atoms with Crippen LogP contribution in [-0.2, 0) is 60.3 Å². The van der Waals surface area contributed by atoms with E-state index in [1.165, 1.54) is 0 Å². The molecule has 0 aliphatic heterocycles. The van der Waals surface area contributed by atoms with E-state index < -0.39 is 45.5 Å². The zero-order valence-electron chi connectivity index (χ0n) is 48.2. The Hall–Kier alpha value is -10.9. The maximum Gasteiger partial charge on any atom is 0.0847 e. The first kappa shape index (κ1) is 64.1. The molecule has 12 aromatic rings. The molecule has 89 heavy (non-hydrogen) atoms. The summed E-state index contributed by atoms with van der Waals surface area (Å²) in [6.45, 7) is 0. The van der Waals surface area contributed by atoms with E-state index in [0.29, 0.717) is 66.8 Å². The van der Waals surface area contributed by atoms with E-state index in [2.05, 4.69) is 0 Å². The van der Waals surface area contributed by atoms with Crippen molar-refractivity contribution in [2.45, 2.75) is 21.7 Å². The Morgan fingerprint density at radius 1 is 0.157 bits per heavy atom. The van der Waals surface area contributed by atoms with Gasteiger partial charge >= 0.3 is 0 Å². The van der Waals surface area contributed by atoms with Crippen molar-refractivity contribution in [2.24, 2.45) is 0 Å². The van der Waals surface area contributed by atoms with E-state index in [1.807, 2.05) is 364 Å². The Balaban J connectivity index is 0.000000153. The van der Waals surface area contributed by atoms with Gasteiger partial charge < -0.3 is 39.6 Å². The summed E-state index contributed by atoms with van der Waals surface area (Å²) in [5, 5.41) is 49.2. The van der Waals surface area contributed by atoms with Gasteiger partial charge in [0.05, 0.1) is 45.5 Å². The van der Waals surface area contributed by atoms with Crippen LogP contribution in [0.15, 0.2) is 364 Å². The van der Waals surface area contributed by atoms with Gasteiger partial charge in [-0.05, 0) is 66.8 Å². The van der Waals surface area contributed by atoms with E-state index in [4.69, 9.17) is 0 Å². The van der Waals surface area contributed by atoms with E-state index in [-0.39, 0.29) is 19.5 Å². The normalized spacial score (nSPS) is 11.0. The van der Waals surface area contributed by atoms with Crippen molar-refractivity contribution in [1.82, 2.24) is 0 Å². The molecule has 0 amide bonds. The van der Waals surface area contributed by atoms with Crippen molar-refractivity contribution >= 4 is 23.9 Å². The van der Waals surface area contributed by atoms with E-state index >= 15 is 0 Å². The quantitative estimate of drug-likeness (QED) is 0.0682. The van der Waals surface area contributed by atoms with Gasteiger partial charge in [-0.3, -0.25) is 0 Å². The summed E-state index contributed by atoms with van der Waals surface area (Å²) >= 11 is 0. The van der Waals surface area contributed by atoms with Crippen molar-refractivity contribution in [3.8, 4) is 0 Å². The van der Waals surface area contributed by atoms with Crippen molar-refractivity contribution in [2.75, 3.05) is 0 Å². The third kappa shape index (κ3) is 13.3. The third-order valence-corrected chi connectivity index (χ3v) is 15.7. The number of rotatable bonds is 16. The van der Waals surface area contributed by atoms with Gasteiger partial charge in [-0.15, -0.1) is 0 Å². The minimum absolute atomic E-state index is 0. The first-order chi connectivity index (χ1) is 43.0. The van der Waals surface area contributed by atoms with Gasteiger partial charge in [0.2, 0.25) is 0 Å². The number of carbonyl (C=O) groups excluding carboxylic acids is 4. The predicted molar refractivity (Wildman–Crippen MR) is 337 cm³/mol. The van der Waals surface area contributed by atoms with Gasteiger partial charge in [0.25, 0.3) is 0 Å². The SMILES string of the molecule is O=C([O-])C(c1ccccc1)(c1ccccc1)c1ccccc1.O=C([O-])C(c1ccccc1)(c1ccccc1)c1ccccc1.O=C([O-])C(c1ccccc1)(c1ccccc1)c1ccccc1.O=C([O-])C(c1ccccc1)(c1ccccc1)c1ccccc1.[Rh]. The number of carboxylic acid groups (broad SMARTS) is 4. The molecule has 0 fully saturated rings. The summed E-state index contributed by atoms with van der Waals surface area (Å²) in [6, 6.07) is 111. The molecule has 0 saturated carbocycles. The Labute approximate surface area is 532 Å². The smallest absolute Gasteiger partial charge is 0.0847 e. The number of hydrogen-bond donors (Lipinski definition) is 0. The molecule has 0 aliphatic carbocycles. The first-order valence-electron chi connectivity index (χ1n) is 28.6. The second-order valence-electron chi connectivity index (χ2n) is 20.5. The van der Waals surface area contributed by atoms with Crippen LogP contribution >= 0.6 is 0 Å². The van der Waals surface area contributed by atoms with Crippen molar-refractivity contribution in [1.29, 1.82) is 0 Å². The summed E-state index contributed by atoms with van der Waals surface area (Å²) < 4.78 is 0. The van der Waals surface area contributed by atoms with Crippen LogP contribution < -0.4 is 20.4 Å². The fourth-order valence-corrected chi connectivity index (χ4v) is 11.7. The minimum Gasteiger partial charge on any atom is -0.548 e. The third-order valence-electron chi connectivity index (χ3n) is 15.7. The molecule has 0 unspecified atom stereocenters. The summed E-state index contributed by atoms with van der Waals surface area (Å²) in [5.74, 6) is -4.51. The second-order valence-corrected chi connectivity index (χ2v) is 20.5. The zero-order chi connectivity index (χ0) is 61.7. The summed E-state index contributed by atoms with van der Waals surface area (Å²) in [5.41, 5.74) is 2.99. The van der Waals surface area contributed by atoms with Crippen LogP contribution in [-0.4, -0.2) is 23.9 Å². The molecule has 441 valence electrons. The average Bonchev–Trinajstić information content (AvgIpc) is 3.25. The molecule has 0 atom stereocenters. The fourth-order valence-electron chi connectivity index (χ4n) is 11.7. The number of benzene rings is 12. The molecule has 0 bridgehead atoms. The standard InChI is InChI=1S/4C20H16O2.Rh/c4*21-19(22)20(16-10-4-1-5-11-16,17-12-6-2-7-13-17)18-14-8-3-9-15-18;/h4*1-15H,(H,21,22);/p-4. The Morgan fingerprint density at radius 3 is 0.281 bits per heavy atom. The summed E-state index contributed by atoms with van der Waals surface area (Å²) in [4.78, 5) is 49.2. The maximum absolute atomic E-state index is 12.3. The Bertz CT molecular complexity index is 3170. The van der Waals surface area contributed by atoms with E-state index in [0.717, 1.165) is 0 Å². The molecule has 0 N–H and O–H groups in total. The molecular formula is C80H60O8Rh-4. The van der Waals surface area contributed by atoms with Crippen LogP contribution in [0.5, 0.6) is 0 Å². The first-order valence-corrected chi connectivity index (χ1v) is 28.6. The summed E-state index contributed by atoms with van der Waals surface area (Å²) in [6.07, 6.45) is 0. The molecule has 0 saturated heterocycles. The van der Waals surface area contributed by atoms with Crippen LogP contribution in [0.4, 0.5) is 0 Å². The summed E-state index contributed by atoms with van der Waals surface area (Å²) in [7, 11) is 0. The predicted octanol–water partition coefficient (Wildman–Crippen LogP) is 11.1. The molecule has 1 radical (unpaired) electrons. The van der Waals surface area contributed by atoms with E-state index in [1.54, 1.807) is 0 Å². The molecule has 0 aliphatic rings. The molecular weight excluding hydrogens is 1190 g/mol. The molecule has 8 nitrogen and oxygen atoms in total. The van der Waals surface area contributed by atoms with Crippen LogP contribution in [0, 0.1) is 0 Å². The van der Waals surface area contributed by atoms with Crippen LogP contribution in [0.2, 0.25) is 0 Å². The number of aliphatic carboxylic acids is 4. The van der Waals surface area contributed by atoms with Crippen molar-refractivity contribution in [3.63, 3.8) is 0 Å². The largest absolute Gasteiger partial charge is 0.548 e. The monoisotopic (exact) mass is 1250 g/mol. The van der Waals surface area contributed by atoms with Crippen LogP contribution in [0.3, 0.4) is 0 Å². The molecule has 12 rings (SSSR count). The van der Waals surface area contributed by atoms with Crippen LogP contribution in [0.1, 0.15) is 66.8 Å².